The number of aliphatic hydroxyl groups excluding tert-OH is 1. The topological polar surface area (TPSA) is 49.3 Å². The Hall–Kier alpha value is -1.35. The molecule has 3 heteroatoms. The minimum atomic E-state index is -0.527. The van der Waals surface area contributed by atoms with Crippen molar-refractivity contribution in [1.29, 1.82) is 0 Å². The summed E-state index contributed by atoms with van der Waals surface area (Å²) in [6, 6.07) is 9.71. The highest BCUT2D eigenvalue weighted by Gasteiger charge is 2.07. The number of amides is 1. The second kappa shape index (κ2) is 6.19. The molecule has 0 aliphatic carbocycles. The maximum atomic E-state index is 11.3. The Labute approximate surface area is 90.1 Å². The van der Waals surface area contributed by atoms with Crippen LogP contribution in [0.3, 0.4) is 0 Å². The minimum absolute atomic E-state index is 0.104. The summed E-state index contributed by atoms with van der Waals surface area (Å²) in [5.74, 6) is -0.104. The molecule has 0 unspecified atom stereocenters. The van der Waals surface area contributed by atoms with Crippen LogP contribution < -0.4 is 5.32 Å². The van der Waals surface area contributed by atoms with Crippen LogP contribution >= 0.6 is 0 Å². The second-order valence-corrected chi connectivity index (χ2v) is 3.53. The third-order valence-corrected chi connectivity index (χ3v) is 2.22. The van der Waals surface area contributed by atoms with Crippen molar-refractivity contribution in [3.63, 3.8) is 0 Å². The molecule has 1 aromatic carbocycles. The second-order valence-electron chi connectivity index (χ2n) is 3.53. The normalized spacial score (nSPS) is 12.1. The minimum Gasteiger partial charge on any atom is -0.393 e. The smallest absolute Gasteiger partial charge is 0.222 e. The molecule has 1 amide bonds. The van der Waals surface area contributed by atoms with Crippen LogP contribution in [-0.4, -0.2) is 17.1 Å². The van der Waals surface area contributed by atoms with Gasteiger partial charge in [0, 0.05) is 6.54 Å². The van der Waals surface area contributed by atoms with Gasteiger partial charge >= 0.3 is 0 Å². The average Bonchev–Trinajstić information content (AvgIpc) is 2.27. The summed E-state index contributed by atoms with van der Waals surface area (Å²) in [6.07, 6.45) is 0.267. The summed E-state index contributed by atoms with van der Waals surface area (Å²) < 4.78 is 0. The van der Waals surface area contributed by atoms with Gasteiger partial charge in [0.25, 0.3) is 0 Å². The highest BCUT2D eigenvalue weighted by molar-refractivity contribution is 5.76. The molecule has 0 aliphatic rings. The summed E-state index contributed by atoms with van der Waals surface area (Å²) in [4.78, 5) is 11.3. The Morgan fingerprint density at radius 2 is 2.07 bits per heavy atom. The zero-order chi connectivity index (χ0) is 11.1. The number of rotatable bonds is 5. The quantitative estimate of drug-likeness (QED) is 0.768. The van der Waals surface area contributed by atoms with Gasteiger partial charge in [-0.3, -0.25) is 4.79 Å². The van der Waals surface area contributed by atoms with Gasteiger partial charge in [-0.1, -0.05) is 37.3 Å². The van der Waals surface area contributed by atoms with Gasteiger partial charge in [-0.05, 0) is 12.0 Å². The zero-order valence-electron chi connectivity index (χ0n) is 8.94. The van der Waals surface area contributed by atoms with Gasteiger partial charge in [-0.2, -0.15) is 0 Å². The molecule has 0 bridgehead atoms. The molecule has 0 heterocycles. The summed E-state index contributed by atoms with van der Waals surface area (Å²) in [5, 5.41) is 12.0. The lowest BCUT2D eigenvalue weighted by molar-refractivity contribution is -0.123. The summed E-state index contributed by atoms with van der Waals surface area (Å²) >= 11 is 0. The van der Waals surface area contributed by atoms with E-state index in [2.05, 4.69) is 5.32 Å². The molecule has 0 radical (unpaired) electrons. The van der Waals surface area contributed by atoms with Crippen molar-refractivity contribution in [1.82, 2.24) is 5.32 Å². The van der Waals surface area contributed by atoms with Crippen LogP contribution in [0.25, 0.3) is 0 Å². The van der Waals surface area contributed by atoms with Crippen LogP contribution in [0.2, 0.25) is 0 Å². The number of aliphatic hydroxyl groups is 1. The summed E-state index contributed by atoms with van der Waals surface area (Å²) in [5.41, 5.74) is 1.07. The van der Waals surface area contributed by atoms with Crippen LogP contribution in [0.1, 0.15) is 25.3 Å². The van der Waals surface area contributed by atoms with Crippen LogP contribution in [0.5, 0.6) is 0 Å². The lowest BCUT2D eigenvalue weighted by Crippen LogP contribution is -2.26. The molecule has 0 aromatic heterocycles. The molecule has 0 aliphatic heterocycles. The average molecular weight is 207 g/mol. The van der Waals surface area contributed by atoms with Crippen molar-refractivity contribution in [2.24, 2.45) is 0 Å². The van der Waals surface area contributed by atoms with Crippen LogP contribution in [0.15, 0.2) is 30.3 Å². The van der Waals surface area contributed by atoms with E-state index in [1.54, 1.807) is 0 Å². The first-order chi connectivity index (χ1) is 7.22. The number of carbonyl (C=O) groups is 1. The fraction of sp³-hybridized carbons (Fsp3) is 0.417. The van der Waals surface area contributed by atoms with Crippen molar-refractivity contribution in [3.05, 3.63) is 35.9 Å². The zero-order valence-corrected chi connectivity index (χ0v) is 8.94. The van der Waals surface area contributed by atoms with Gasteiger partial charge in [0.05, 0.1) is 12.5 Å². The van der Waals surface area contributed by atoms with Gasteiger partial charge in [0.15, 0.2) is 0 Å². The number of benzene rings is 1. The van der Waals surface area contributed by atoms with Gasteiger partial charge < -0.3 is 10.4 Å². The third kappa shape index (κ3) is 4.61. The predicted molar refractivity (Wildman–Crippen MR) is 59.2 cm³/mol. The van der Waals surface area contributed by atoms with Gasteiger partial charge in [-0.25, -0.2) is 0 Å². The summed E-state index contributed by atoms with van der Waals surface area (Å²) in [6.45, 7) is 2.38. The Morgan fingerprint density at radius 1 is 1.40 bits per heavy atom. The van der Waals surface area contributed by atoms with E-state index in [0.29, 0.717) is 13.0 Å². The molecular formula is C12H17NO2. The van der Waals surface area contributed by atoms with Crippen LogP contribution in [0, 0.1) is 0 Å². The molecule has 15 heavy (non-hydrogen) atoms. The Kier molecular flexibility index (Phi) is 4.84. The molecule has 0 fully saturated rings. The molecule has 0 saturated carbocycles. The van der Waals surface area contributed by atoms with Gasteiger partial charge in [0.2, 0.25) is 5.91 Å². The monoisotopic (exact) mass is 207 g/mol. The maximum absolute atomic E-state index is 11.3. The number of nitrogens with one attached hydrogen (secondary N) is 1. The van der Waals surface area contributed by atoms with Crippen LogP contribution in [-0.2, 0) is 11.3 Å². The van der Waals surface area contributed by atoms with E-state index < -0.39 is 6.10 Å². The van der Waals surface area contributed by atoms with Crippen molar-refractivity contribution in [2.75, 3.05) is 0 Å². The molecule has 0 spiro atoms. The number of hydrogen-bond acceptors (Lipinski definition) is 2. The van der Waals surface area contributed by atoms with Crippen molar-refractivity contribution < 1.29 is 9.90 Å². The first-order valence-corrected chi connectivity index (χ1v) is 5.21. The predicted octanol–water partition coefficient (Wildman–Crippen LogP) is 1.46. The van der Waals surface area contributed by atoms with E-state index in [1.165, 1.54) is 0 Å². The van der Waals surface area contributed by atoms with Crippen molar-refractivity contribution in [2.45, 2.75) is 32.4 Å². The highest BCUT2D eigenvalue weighted by Crippen LogP contribution is 1.99. The van der Waals surface area contributed by atoms with Crippen molar-refractivity contribution in [3.8, 4) is 0 Å². The molecule has 3 nitrogen and oxygen atoms in total. The first kappa shape index (κ1) is 11.7. The van der Waals surface area contributed by atoms with Crippen molar-refractivity contribution >= 4 is 5.91 Å². The largest absolute Gasteiger partial charge is 0.393 e. The molecule has 1 aromatic rings. The Morgan fingerprint density at radius 3 is 2.67 bits per heavy atom. The van der Waals surface area contributed by atoms with E-state index in [0.717, 1.165) is 5.56 Å². The highest BCUT2D eigenvalue weighted by atomic mass is 16.3. The fourth-order valence-electron chi connectivity index (χ4n) is 1.23. The van der Waals surface area contributed by atoms with Crippen LogP contribution in [0.4, 0.5) is 0 Å². The molecule has 1 rings (SSSR count). The molecule has 2 N–H and O–H groups in total. The first-order valence-electron chi connectivity index (χ1n) is 5.21. The lowest BCUT2D eigenvalue weighted by atomic mass is 10.2. The Bertz CT molecular complexity index is 298. The molecule has 0 saturated heterocycles. The number of carbonyl (C=O) groups excluding carboxylic acids is 1. The van der Waals surface area contributed by atoms with E-state index in [9.17, 15) is 9.90 Å². The summed E-state index contributed by atoms with van der Waals surface area (Å²) in [7, 11) is 0. The van der Waals surface area contributed by atoms with E-state index >= 15 is 0 Å². The fourth-order valence-corrected chi connectivity index (χ4v) is 1.23. The molecule has 82 valence electrons. The standard InChI is InChI=1S/C12H17NO2/c1-2-11(14)8-12(15)13-9-10-6-4-3-5-7-10/h3-7,11,14H,2,8-9H2,1H3,(H,13,15)/t11-/m1/s1. The van der Waals surface area contributed by atoms with E-state index in [-0.39, 0.29) is 12.3 Å². The van der Waals surface area contributed by atoms with E-state index in [1.807, 2.05) is 37.3 Å². The maximum Gasteiger partial charge on any atom is 0.222 e. The van der Waals surface area contributed by atoms with Gasteiger partial charge in [-0.15, -0.1) is 0 Å². The van der Waals surface area contributed by atoms with E-state index in [4.69, 9.17) is 0 Å². The van der Waals surface area contributed by atoms with Gasteiger partial charge in [0.1, 0.15) is 0 Å². The SMILES string of the molecule is CC[C@@H](O)CC(=O)NCc1ccccc1. The Balaban J connectivity index is 2.29. The third-order valence-electron chi connectivity index (χ3n) is 2.22. The lowest BCUT2D eigenvalue weighted by Gasteiger charge is -2.08. The number of hydrogen-bond donors (Lipinski definition) is 2. The molecule has 1 atom stereocenters. The molecular weight excluding hydrogens is 190 g/mol.